The van der Waals surface area contributed by atoms with Crippen LogP contribution in [0.1, 0.15) is 40.5 Å². The summed E-state index contributed by atoms with van der Waals surface area (Å²) in [6, 6.07) is 1.08. The zero-order chi connectivity index (χ0) is 24.4. The Morgan fingerprint density at radius 1 is 1.39 bits per heavy atom. The average molecular weight is 347 g/mol. The van der Waals surface area contributed by atoms with Crippen molar-refractivity contribution in [2.24, 2.45) is 5.89 Å². The first kappa shape index (κ1) is 9.02. The van der Waals surface area contributed by atoms with Crippen molar-refractivity contribution in [1.82, 2.24) is 0 Å². The molecule has 0 saturated heterocycles. The first-order valence-corrected chi connectivity index (χ1v) is 7.37. The van der Waals surface area contributed by atoms with E-state index < -0.39 is 79.5 Å². The van der Waals surface area contributed by atoms with E-state index in [0.29, 0.717) is 12.1 Å². The molecule has 0 heterocycles. The molecule has 0 aliphatic heterocycles. The van der Waals surface area contributed by atoms with Crippen LogP contribution in [0.3, 0.4) is 0 Å². The van der Waals surface area contributed by atoms with Gasteiger partial charge in [0, 0.05) is 34.6 Å². The monoisotopic (exact) mass is 347 g/mol. The van der Waals surface area contributed by atoms with Gasteiger partial charge in [-0.3, -0.25) is 24.5 Å². The molecule has 2 rings (SSSR count). The van der Waals surface area contributed by atoms with Crippen LogP contribution in [0.2, 0.25) is 0 Å². The van der Waals surface area contributed by atoms with Crippen molar-refractivity contribution in [2.75, 3.05) is 6.18 Å². The number of carbonyl (C=O) groups is 3. The van der Waals surface area contributed by atoms with Crippen molar-refractivity contribution in [3.8, 4) is 0 Å². The molecule has 1 aliphatic carbocycles. The van der Waals surface area contributed by atoms with Gasteiger partial charge in [-0.05, 0) is 18.6 Å². The number of nitrogens with zero attached hydrogens (tertiary/aromatic N) is 1. The van der Waals surface area contributed by atoms with Gasteiger partial charge in [0.1, 0.15) is 5.89 Å². The highest BCUT2D eigenvalue weighted by Gasteiger charge is 2.39. The summed E-state index contributed by atoms with van der Waals surface area (Å²) in [6.07, 6.45) is -11.1. The second kappa shape index (κ2) is 5.99. The Kier molecular flexibility index (Phi) is 2.35. The largest absolute Gasteiger partial charge is 0.298 e. The summed E-state index contributed by atoms with van der Waals surface area (Å²) >= 11 is 0. The number of benzene rings is 1. The molecule has 0 atom stereocenters. The number of sulfone groups is 1. The van der Waals surface area contributed by atoms with E-state index in [2.05, 4.69) is 0 Å². The van der Waals surface area contributed by atoms with E-state index in [0.717, 1.165) is 0 Å². The molecule has 1 aromatic carbocycles. The molecule has 1 aromatic rings. The van der Waals surface area contributed by atoms with Crippen molar-refractivity contribution in [3.05, 3.63) is 33.9 Å². The summed E-state index contributed by atoms with van der Waals surface area (Å²) in [4.78, 5) is 46.7. The highest BCUT2D eigenvalue weighted by atomic mass is 32.2. The van der Waals surface area contributed by atoms with Gasteiger partial charge < -0.3 is 0 Å². The number of hydrogen-bond donors (Lipinski definition) is 0. The quantitative estimate of drug-likeness (QED) is 0.345. The lowest BCUT2D eigenvalue weighted by Crippen LogP contribution is -2.35. The first-order chi connectivity index (χ1) is 13.7. The lowest BCUT2D eigenvalue weighted by Gasteiger charge is -2.18. The van der Waals surface area contributed by atoms with Crippen LogP contribution in [0.15, 0.2) is 23.1 Å². The second-order valence-corrected chi connectivity index (χ2v) is 5.81. The van der Waals surface area contributed by atoms with Crippen LogP contribution in [-0.2, 0) is 19.4 Å². The van der Waals surface area contributed by atoms with Gasteiger partial charge in [0.25, 0.3) is 5.69 Å². The Hall–Kier alpha value is -2.42. The fraction of sp³-hybridized carbons (Fsp3) is 0.357. The number of hydrogen-bond acceptors (Lipinski definition) is 7. The third-order valence-corrected chi connectivity index (χ3v) is 3.77. The molecular formula is C14H13NO7S. The third kappa shape index (κ3) is 3.34. The number of nitro groups is 1. The predicted octanol–water partition coefficient (Wildman–Crippen LogP) is 1.12. The van der Waals surface area contributed by atoms with Crippen LogP contribution >= 0.6 is 0 Å². The Morgan fingerprint density at radius 2 is 2.00 bits per heavy atom. The third-order valence-electron chi connectivity index (χ3n) is 2.90. The van der Waals surface area contributed by atoms with Crippen molar-refractivity contribution < 1.29 is 38.7 Å². The number of nitro benzene ring substituents is 1. The molecule has 0 N–H and O–H groups in total. The molecule has 8 nitrogen and oxygen atoms in total. The maximum absolute atomic E-state index is 12.9. The van der Waals surface area contributed by atoms with Gasteiger partial charge in [-0.2, -0.15) is 0 Å². The zero-order valence-corrected chi connectivity index (χ0v) is 12.0. The summed E-state index contributed by atoms with van der Waals surface area (Å²) < 4.78 is 83.5. The van der Waals surface area contributed by atoms with E-state index in [4.69, 9.17) is 11.0 Å². The summed E-state index contributed by atoms with van der Waals surface area (Å²) in [5.74, 6) is -9.53. The molecule has 23 heavy (non-hydrogen) atoms. The summed E-state index contributed by atoms with van der Waals surface area (Å²) in [6.45, 7) is 0. The highest BCUT2D eigenvalue weighted by molar-refractivity contribution is 7.90. The molecule has 0 bridgehead atoms. The predicted molar refractivity (Wildman–Crippen MR) is 77.9 cm³/mol. The molecule has 1 fully saturated rings. The first-order valence-electron chi connectivity index (χ1n) is 9.89. The van der Waals surface area contributed by atoms with E-state index >= 15 is 0 Å². The van der Waals surface area contributed by atoms with Gasteiger partial charge in [0.15, 0.2) is 27.2 Å². The van der Waals surface area contributed by atoms with E-state index in [1.165, 1.54) is 0 Å². The Labute approximate surface area is 142 Å². The van der Waals surface area contributed by atoms with Crippen LogP contribution in [0, 0.1) is 16.0 Å². The van der Waals surface area contributed by atoms with Crippen molar-refractivity contribution in [1.29, 1.82) is 0 Å². The number of rotatable bonds is 4. The van der Waals surface area contributed by atoms with Gasteiger partial charge in [0.05, 0.1) is 16.8 Å². The van der Waals surface area contributed by atoms with Crippen molar-refractivity contribution in [2.45, 2.75) is 24.1 Å². The molecule has 0 aromatic heterocycles. The average Bonchev–Trinajstić information content (AvgIpc) is 2.62. The van der Waals surface area contributed by atoms with Crippen LogP contribution < -0.4 is 0 Å². The molecular weight excluding hydrogens is 326 g/mol. The smallest absolute Gasteiger partial charge is 0.281 e. The van der Waals surface area contributed by atoms with Crippen LogP contribution in [0.25, 0.3) is 0 Å². The molecule has 9 heteroatoms. The van der Waals surface area contributed by atoms with E-state index in [9.17, 15) is 32.9 Å². The standard InChI is InChI=1S/C14H13NO7S/c1-23(21,22)8-5-6-9(10(7-8)15(19)20)14(18)13-11(16)3-2-4-12(13)17/h5-7,13H,2-4H2,1H3/i1D3,3D2,4D2,13D. The molecule has 0 radical (unpaired) electrons. The van der Waals surface area contributed by atoms with Crippen LogP contribution in [-0.4, -0.2) is 36.9 Å². The van der Waals surface area contributed by atoms with E-state index in [-0.39, 0.29) is 6.07 Å². The lowest BCUT2D eigenvalue weighted by molar-refractivity contribution is -0.385. The SMILES string of the molecule is [2H]C1([2H])CC([2H])([2H])C(=O)C([2H])(C(=O)c2ccc(S(=O)(=O)C([2H])([2H])[2H])cc2[N+](=O)[O-])C1=O. The summed E-state index contributed by atoms with van der Waals surface area (Å²) in [5.41, 5.74) is -2.53. The Morgan fingerprint density at radius 3 is 2.52 bits per heavy atom. The molecule has 0 amide bonds. The van der Waals surface area contributed by atoms with Crippen molar-refractivity contribution in [3.63, 3.8) is 0 Å². The van der Waals surface area contributed by atoms with Gasteiger partial charge in [-0.15, -0.1) is 0 Å². The maximum Gasteiger partial charge on any atom is 0.281 e. The minimum Gasteiger partial charge on any atom is -0.298 e. The minimum absolute atomic E-state index is 0.194. The van der Waals surface area contributed by atoms with Gasteiger partial charge >= 0.3 is 0 Å². The second-order valence-electron chi connectivity index (χ2n) is 4.33. The van der Waals surface area contributed by atoms with Gasteiger partial charge in [-0.25, -0.2) is 8.42 Å². The maximum atomic E-state index is 12.9. The molecule has 122 valence electrons. The lowest BCUT2D eigenvalue weighted by atomic mass is 9.81. The highest BCUT2D eigenvalue weighted by Crippen LogP contribution is 2.28. The number of carbonyl (C=O) groups excluding carboxylic acids is 3. The molecule has 0 spiro atoms. The van der Waals surface area contributed by atoms with Crippen LogP contribution in [0.4, 0.5) is 5.69 Å². The normalized spacial score (nSPS) is 27.8. The molecule has 0 unspecified atom stereocenters. The van der Waals surface area contributed by atoms with E-state index in [1.54, 1.807) is 0 Å². The van der Waals surface area contributed by atoms with E-state index in [1.807, 2.05) is 0 Å². The summed E-state index contributed by atoms with van der Waals surface area (Å²) in [5, 5.41) is 11.4. The Balaban J connectivity index is 2.76. The summed E-state index contributed by atoms with van der Waals surface area (Å²) in [7, 11) is -5.09. The Bertz CT molecular complexity index is 1100. The number of ketones is 3. The van der Waals surface area contributed by atoms with Gasteiger partial charge in [0.2, 0.25) is 0 Å². The number of Topliss-reactive ketones (excluding diaryl/α,β-unsaturated/α-hetero) is 3. The zero-order valence-electron chi connectivity index (χ0n) is 19.2. The molecule has 1 saturated carbocycles. The minimum atomic E-state index is -5.09. The van der Waals surface area contributed by atoms with Gasteiger partial charge in [-0.1, -0.05) is 0 Å². The van der Waals surface area contributed by atoms with Crippen molar-refractivity contribution >= 4 is 32.9 Å². The fourth-order valence-corrected chi connectivity index (χ4v) is 2.36. The van der Waals surface area contributed by atoms with Crippen LogP contribution in [0.5, 0.6) is 0 Å². The molecule has 1 aliphatic rings. The fourth-order valence-electron chi connectivity index (χ4n) is 1.85. The topological polar surface area (TPSA) is 128 Å².